The number of ether oxygens (including phenoxy) is 1. The Bertz CT molecular complexity index is 513. The van der Waals surface area contributed by atoms with Gasteiger partial charge < -0.3 is 10.5 Å². The second kappa shape index (κ2) is 6.76. The van der Waals surface area contributed by atoms with E-state index in [-0.39, 0.29) is 0 Å². The number of nitrogens with two attached hydrogens (primary N) is 1. The third-order valence-corrected chi connectivity index (χ3v) is 3.75. The first-order chi connectivity index (χ1) is 8.83. The fraction of sp³-hybridized carbons (Fsp3) is 0.333. The van der Waals surface area contributed by atoms with E-state index in [1.807, 2.05) is 18.2 Å². The van der Waals surface area contributed by atoms with Crippen molar-refractivity contribution in [3.63, 3.8) is 0 Å². The Morgan fingerprint density at radius 2 is 1.83 bits per heavy atom. The van der Waals surface area contributed by atoms with Gasteiger partial charge in [0.25, 0.3) is 0 Å². The number of hydrogen-bond donors (Lipinski definition) is 1. The first-order valence-corrected chi connectivity index (χ1v) is 7.12. The maximum absolute atomic E-state index is 5.80. The second-order valence-corrected chi connectivity index (χ2v) is 5.09. The predicted octanol–water partition coefficient (Wildman–Crippen LogP) is 4.11. The minimum atomic E-state index is 0.747. The molecule has 0 saturated carbocycles. The molecule has 0 bridgehead atoms. The third-order valence-electron chi connectivity index (χ3n) is 2.93. The van der Waals surface area contributed by atoms with E-state index in [0.29, 0.717) is 0 Å². The summed E-state index contributed by atoms with van der Waals surface area (Å²) in [6.07, 6.45) is 3.25. The van der Waals surface area contributed by atoms with Crippen molar-refractivity contribution in [2.75, 3.05) is 13.2 Å². The summed E-state index contributed by atoms with van der Waals surface area (Å²) >= 11 is 3.62. The van der Waals surface area contributed by atoms with E-state index >= 15 is 0 Å². The molecule has 96 valence electrons. The van der Waals surface area contributed by atoms with Crippen molar-refractivity contribution in [2.45, 2.75) is 19.3 Å². The molecule has 2 nitrogen and oxygen atoms in total. The van der Waals surface area contributed by atoms with Crippen molar-refractivity contribution in [1.82, 2.24) is 0 Å². The molecule has 2 aromatic rings. The zero-order valence-corrected chi connectivity index (χ0v) is 11.9. The molecular formula is C15H18BrNO. The molecule has 0 aliphatic heterocycles. The summed E-state index contributed by atoms with van der Waals surface area (Å²) in [6.45, 7) is 1.51. The molecule has 0 spiro atoms. The summed E-state index contributed by atoms with van der Waals surface area (Å²) < 4.78 is 6.84. The van der Waals surface area contributed by atoms with Gasteiger partial charge in [0.05, 0.1) is 11.1 Å². The minimum Gasteiger partial charge on any atom is -0.492 e. The molecule has 18 heavy (non-hydrogen) atoms. The Hall–Kier alpha value is -1.06. The Kier molecular flexibility index (Phi) is 5.02. The highest BCUT2D eigenvalue weighted by Gasteiger charge is 2.05. The van der Waals surface area contributed by atoms with Crippen molar-refractivity contribution in [3.8, 4) is 5.75 Å². The smallest absolute Gasteiger partial charge is 0.134 e. The standard InChI is InChI=1S/C15H18BrNO/c16-15-13-7-3-2-6-12(13)8-9-14(15)18-11-5-1-4-10-17/h2-3,6-9H,1,4-5,10-11,17H2. The number of unbranched alkanes of at least 4 members (excludes halogenated alkanes) is 2. The van der Waals surface area contributed by atoms with Crippen LogP contribution >= 0.6 is 15.9 Å². The van der Waals surface area contributed by atoms with E-state index in [9.17, 15) is 0 Å². The van der Waals surface area contributed by atoms with Crippen molar-refractivity contribution in [2.24, 2.45) is 5.73 Å². The lowest BCUT2D eigenvalue weighted by atomic mass is 10.1. The maximum Gasteiger partial charge on any atom is 0.134 e. The second-order valence-electron chi connectivity index (χ2n) is 4.30. The van der Waals surface area contributed by atoms with Crippen molar-refractivity contribution >= 4 is 26.7 Å². The summed E-state index contributed by atoms with van der Waals surface area (Å²) in [5.41, 5.74) is 5.46. The molecule has 2 aromatic carbocycles. The van der Waals surface area contributed by atoms with Crippen LogP contribution in [0.25, 0.3) is 10.8 Å². The van der Waals surface area contributed by atoms with Gasteiger partial charge in [-0.05, 0) is 58.6 Å². The highest BCUT2D eigenvalue weighted by Crippen LogP contribution is 2.33. The van der Waals surface area contributed by atoms with Crippen LogP contribution < -0.4 is 10.5 Å². The van der Waals surface area contributed by atoms with E-state index in [0.717, 1.165) is 42.6 Å². The summed E-state index contributed by atoms with van der Waals surface area (Å²) in [7, 11) is 0. The SMILES string of the molecule is NCCCCCOc1ccc2ccccc2c1Br. The molecule has 0 radical (unpaired) electrons. The van der Waals surface area contributed by atoms with E-state index in [1.54, 1.807) is 0 Å². The largest absolute Gasteiger partial charge is 0.492 e. The topological polar surface area (TPSA) is 35.2 Å². The van der Waals surface area contributed by atoms with Gasteiger partial charge in [-0.25, -0.2) is 0 Å². The molecule has 0 amide bonds. The summed E-state index contributed by atoms with van der Waals surface area (Å²) in [4.78, 5) is 0. The van der Waals surface area contributed by atoms with Crippen LogP contribution in [0, 0.1) is 0 Å². The normalized spacial score (nSPS) is 10.8. The molecule has 2 N–H and O–H groups in total. The summed E-state index contributed by atoms with van der Waals surface area (Å²) in [5.74, 6) is 0.918. The van der Waals surface area contributed by atoms with Gasteiger partial charge in [-0.15, -0.1) is 0 Å². The molecular weight excluding hydrogens is 290 g/mol. The van der Waals surface area contributed by atoms with Crippen LogP contribution in [-0.2, 0) is 0 Å². The van der Waals surface area contributed by atoms with E-state index in [4.69, 9.17) is 10.5 Å². The Balaban J connectivity index is 2.03. The van der Waals surface area contributed by atoms with Crippen LogP contribution in [-0.4, -0.2) is 13.2 Å². The van der Waals surface area contributed by atoms with Crippen molar-refractivity contribution in [3.05, 3.63) is 40.9 Å². The quantitative estimate of drug-likeness (QED) is 0.815. The molecule has 0 saturated heterocycles. The zero-order chi connectivity index (χ0) is 12.8. The van der Waals surface area contributed by atoms with Gasteiger partial charge in [0.2, 0.25) is 0 Å². The molecule has 2 rings (SSSR count). The summed E-state index contributed by atoms with van der Waals surface area (Å²) in [5, 5.41) is 2.41. The Labute approximate surface area is 116 Å². The Morgan fingerprint density at radius 1 is 1.00 bits per heavy atom. The van der Waals surface area contributed by atoms with Gasteiger partial charge in [0, 0.05) is 0 Å². The van der Waals surface area contributed by atoms with Crippen LogP contribution in [0.15, 0.2) is 40.9 Å². The van der Waals surface area contributed by atoms with Crippen LogP contribution in [0.3, 0.4) is 0 Å². The highest BCUT2D eigenvalue weighted by atomic mass is 79.9. The van der Waals surface area contributed by atoms with Gasteiger partial charge in [0.15, 0.2) is 0 Å². The Morgan fingerprint density at radius 3 is 2.67 bits per heavy atom. The number of hydrogen-bond acceptors (Lipinski definition) is 2. The average Bonchev–Trinajstić information content (AvgIpc) is 2.41. The van der Waals surface area contributed by atoms with Crippen LogP contribution in [0.5, 0.6) is 5.75 Å². The summed E-state index contributed by atoms with van der Waals surface area (Å²) in [6, 6.07) is 12.4. The fourth-order valence-corrected chi connectivity index (χ4v) is 2.54. The van der Waals surface area contributed by atoms with E-state index < -0.39 is 0 Å². The zero-order valence-electron chi connectivity index (χ0n) is 10.4. The molecule has 0 fully saturated rings. The van der Waals surface area contributed by atoms with Crippen molar-refractivity contribution in [1.29, 1.82) is 0 Å². The van der Waals surface area contributed by atoms with Crippen LogP contribution in [0.4, 0.5) is 0 Å². The molecule has 0 atom stereocenters. The van der Waals surface area contributed by atoms with E-state index in [2.05, 4.69) is 34.1 Å². The first-order valence-electron chi connectivity index (χ1n) is 6.33. The van der Waals surface area contributed by atoms with Crippen LogP contribution in [0.1, 0.15) is 19.3 Å². The highest BCUT2D eigenvalue weighted by molar-refractivity contribution is 9.10. The lowest BCUT2D eigenvalue weighted by Crippen LogP contribution is -2.02. The lowest BCUT2D eigenvalue weighted by Gasteiger charge is -2.10. The maximum atomic E-state index is 5.80. The average molecular weight is 308 g/mol. The molecule has 0 aliphatic carbocycles. The number of benzene rings is 2. The molecule has 0 aliphatic rings. The van der Waals surface area contributed by atoms with E-state index in [1.165, 1.54) is 10.8 Å². The van der Waals surface area contributed by atoms with Crippen LogP contribution in [0.2, 0.25) is 0 Å². The number of fused-ring (bicyclic) bond motifs is 1. The molecule has 3 heteroatoms. The minimum absolute atomic E-state index is 0.747. The molecule has 0 heterocycles. The predicted molar refractivity (Wildman–Crippen MR) is 80.0 cm³/mol. The van der Waals surface area contributed by atoms with Gasteiger partial charge in [0.1, 0.15) is 5.75 Å². The van der Waals surface area contributed by atoms with Gasteiger partial charge in [-0.2, -0.15) is 0 Å². The van der Waals surface area contributed by atoms with Crippen molar-refractivity contribution < 1.29 is 4.74 Å². The molecule has 0 aromatic heterocycles. The number of halogens is 1. The lowest BCUT2D eigenvalue weighted by molar-refractivity contribution is 0.304. The van der Waals surface area contributed by atoms with Gasteiger partial charge in [-0.3, -0.25) is 0 Å². The molecule has 0 unspecified atom stereocenters. The monoisotopic (exact) mass is 307 g/mol. The van der Waals surface area contributed by atoms with Gasteiger partial charge in [-0.1, -0.05) is 30.3 Å². The van der Waals surface area contributed by atoms with Gasteiger partial charge >= 0.3 is 0 Å². The third kappa shape index (κ3) is 3.24. The first kappa shape index (κ1) is 13.4. The fourth-order valence-electron chi connectivity index (χ4n) is 1.93. The number of rotatable bonds is 6.